The molecule has 3 heteroatoms. The van der Waals surface area contributed by atoms with Gasteiger partial charge in [0.2, 0.25) is 0 Å². The lowest BCUT2D eigenvalue weighted by molar-refractivity contribution is 0.583. The summed E-state index contributed by atoms with van der Waals surface area (Å²) in [6.07, 6.45) is 0. The van der Waals surface area contributed by atoms with Crippen LogP contribution >= 0.6 is 15.9 Å². The van der Waals surface area contributed by atoms with Gasteiger partial charge in [-0.2, -0.15) is 0 Å². The van der Waals surface area contributed by atoms with E-state index in [0.717, 1.165) is 11.0 Å². The number of halogens is 1. The van der Waals surface area contributed by atoms with Crippen molar-refractivity contribution in [1.82, 2.24) is 10.3 Å². The minimum Gasteiger partial charge on any atom is -0.357 e. The minimum absolute atomic E-state index is 0.517. The first kappa shape index (κ1) is 10.7. The van der Waals surface area contributed by atoms with Gasteiger partial charge in [0, 0.05) is 33.7 Å². The molecular weight excluding hydrogens is 252 g/mol. The average molecular weight is 267 g/mol. The first-order chi connectivity index (χ1) is 7.15. The van der Waals surface area contributed by atoms with E-state index in [1.54, 1.807) is 0 Å². The molecule has 2 N–H and O–H groups in total. The lowest BCUT2D eigenvalue weighted by Crippen LogP contribution is -2.21. The van der Waals surface area contributed by atoms with Crippen LogP contribution in [-0.4, -0.2) is 11.0 Å². The maximum Gasteiger partial charge on any atom is 0.0457 e. The predicted molar refractivity (Wildman–Crippen MR) is 68.0 cm³/mol. The number of rotatable bonds is 3. The summed E-state index contributed by atoms with van der Waals surface area (Å²) < 4.78 is 1.12. The zero-order chi connectivity index (χ0) is 10.8. The number of H-pyrrole nitrogens is 1. The summed E-state index contributed by atoms with van der Waals surface area (Å²) in [5.74, 6) is 0. The number of hydrogen-bond donors (Lipinski definition) is 2. The van der Waals surface area contributed by atoms with Gasteiger partial charge >= 0.3 is 0 Å². The average Bonchev–Trinajstić information content (AvgIpc) is 2.56. The van der Waals surface area contributed by atoms with Gasteiger partial charge in [0.15, 0.2) is 0 Å². The lowest BCUT2D eigenvalue weighted by Gasteiger charge is -2.05. The quantitative estimate of drug-likeness (QED) is 0.876. The van der Waals surface area contributed by atoms with E-state index < -0.39 is 0 Å². The summed E-state index contributed by atoms with van der Waals surface area (Å²) in [6, 6.07) is 8.99. The van der Waals surface area contributed by atoms with Crippen LogP contribution in [0.4, 0.5) is 0 Å². The highest BCUT2D eigenvalue weighted by Gasteiger charge is 2.01. The first-order valence-corrected chi connectivity index (χ1v) is 5.95. The Morgan fingerprint density at radius 2 is 2.13 bits per heavy atom. The highest BCUT2D eigenvalue weighted by atomic mass is 79.9. The smallest absolute Gasteiger partial charge is 0.0457 e. The van der Waals surface area contributed by atoms with Crippen LogP contribution in [0.3, 0.4) is 0 Å². The summed E-state index contributed by atoms with van der Waals surface area (Å²) >= 11 is 3.47. The van der Waals surface area contributed by atoms with Crippen LogP contribution in [0.2, 0.25) is 0 Å². The van der Waals surface area contributed by atoms with E-state index in [4.69, 9.17) is 0 Å². The van der Waals surface area contributed by atoms with Crippen molar-refractivity contribution in [3.05, 3.63) is 34.4 Å². The normalized spacial score (nSPS) is 11.5. The lowest BCUT2D eigenvalue weighted by atomic mass is 10.2. The second kappa shape index (κ2) is 4.37. The van der Waals surface area contributed by atoms with Crippen molar-refractivity contribution < 1.29 is 0 Å². The third kappa shape index (κ3) is 2.61. The van der Waals surface area contributed by atoms with Gasteiger partial charge in [0.1, 0.15) is 0 Å². The van der Waals surface area contributed by atoms with Gasteiger partial charge in [-0.3, -0.25) is 0 Å². The molecule has 0 saturated carbocycles. The summed E-state index contributed by atoms with van der Waals surface area (Å²) in [6.45, 7) is 5.20. The van der Waals surface area contributed by atoms with Crippen molar-refractivity contribution in [3.8, 4) is 0 Å². The summed E-state index contributed by atoms with van der Waals surface area (Å²) in [4.78, 5) is 3.39. The van der Waals surface area contributed by atoms with E-state index in [0.29, 0.717) is 6.04 Å². The molecule has 0 spiro atoms. The molecule has 0 fully saturated rings. The number of benzene rings is 1. The third-order valence-corrected chi connectivity index (χ3v) is 2.83. The van der Waals surface area contributed by atoms with Crippen LogP contribution in [0.25, 0.3) is 10.9 Å². The molecule has 2 rings (SSSR count). The first-order valence-electron chi connectivity index (χ1n) is 5.15. The van der Waals surface area contributed by atoms with E-state index in [-0.39, 0.29) is 0 Å². The highest BCUT2D eigenvalue weighted by Crippen LogP contribution is 2.20. The van der Waals surface area contributed by atoms with Crippen LogP contribution in [0, 0.1) is 0 Å². The zero-order valence-corrected chi connectivity index (χ0v) is 10.6. The van der Waals surface area contributed by atoms with Gasteiger partial charge in [0.05, 0.1) is 0 Å². The van der Waals surface area contributed by atoms with Gasteiger partial charge in [-0.05, 0) is 24.3 Å². The molecule has 1 aromatic carbocycles. The third-order valence-electron chi connectivity index (χ3n) is 2.34. The molecule has 0 saturated heterocycles. The molecule has 15 heavy (non-hydrogen) atoms. The van der Waals surface area contributed by atoms with E-state index >= 15 is 0 Å². The van der Waals surface area contributed by atoms with Crippen molar-refractivity contribution in [3.63, 3.8) is 0 Å². The van der Waals surface area contributed by atoms with Crippen LogP contribution in [0.1, 0.15) is 19.5 Å². The van der Waals surface area contributed by atoms with Crippen molar-refractivity contribution in [2.45, 2.75) is 26.4 Å². The molecule has 1 heterocycles. The molecule has 1 aromatic heterocycles. The largest absolute Gasteiger partial charge is 0.357 e. The maximum absolute atomic E-state index is 3.47. The summed E-state index contributed by atoms with van der Waals surface area (Å²) in [5.41, 5.74) is 2.43. The molecule has 2 nitrogen and oxygen atoms in total. The number of nitrogens with one attached hydrogen (secondary N) is 2. The molecule has 2 aromatic rings. The Bertz CT molecular complexity index is 460. The highest BCUT2D eigenvalue weighted by molar-refractivity contribution is 9.10. The molecule has 0 aliphatic heterocycles. The number of aromatic amines is 1. The van der Waals surface area contributed by atoms with Crippen LogP contribution < -0.4 is 5.32 Å². The summed E-state index contributed by atoms with van der Waals surface area (Å²) in [5, 5.41) is 4.65. The SMILES string of the molecule is CC(C)NCc1cc2cc(Br)ccc2[nH]1. The van der Waals surface area contributed by atoms with E-state index in [1.165, 1.54) is 16.6 Å². The molecule has 0 atom stereocenters. The summed E-state index contributed by atoms with van der Waals surface area (Å²) in [7, 11) is 0. The second-order valence-corrected chi connectivity index (χ2v) is 4.98. The number of fused-ring (bicyclic) bond motifs is 1. The molecular formula is C12H15BrN2. The Labute approximate surface area is 98.2 Å². The fourth-order valence-electron chi connectivity index (χ4n) is 1.57. The van der Waals surface area contributed by atoms with E-state index in [1.807, 2.05) is 0 Å². The molecule has 0 aliphatic carbocycles. The van der Waals surface area contributed by atoms with Gasteiger partial charge in [-0.25, -0.2) is 0 Å². The van der Waals surface area contributed by atoms with E-state index in [2.05, 4.69) is 64.3 Å². The molecule has 0 radical (unpaired) electrons. The molecule has 0 amide bonds. The van der Waals surface area contributed by atoms with Crippen LogP contribution in [-0.2, 0) is 6.54 Å². The molecule has 0 unspecified atom stereocenters. The fraction of sp³-hybridized carbons (Fsp3) is 0.333. The fourth-order valence-corrected chi connectivity index (χ4v) is 1.95. The Morgan fingerprint density at radius 3 is 2.87 bits per heavy atom. The Kier molecular flexibility index (Phi) is 3.12. The second-order valence-electron chi connectivity index (χ2n) is 4.06. The minimum atomic E-state index is 0.517. The number of aromatic nitrogens is 1. The standard InChI is InChI=1S/C12H15BrN2/c1-8(2)14-7-11-6-9-5-10(13)3-4-12(9)15-11/h3-6,8,14-15H,7H2,1-2H3. The molecule has 0 aliphatic rings. The van der Waals surface area contributed by atoms with Crippen molar-refractivity contribution in [2.75, 3.05) is 0 Å². The predicted octanol–water partition coefficient (Wildman–Crippen LogP) is 3.43. The van der Waals surface area contributed by atoms with Crippen LogP contribution in [0.5, 0.6) is 0 Å². The van der Waals surface area contributed by atoms with E-state index in [9.17, 15) is 0 Å². The van der Waals surface area contributed by atoms with Gasteiger partial charge in [-0.15, -0.1) is 0 Å². The van der Waals surface area contributed by atoms with Crippen molar-refractivity contribution in [2.24, 2.45) is 0 Å². The van der Waals surface area contributed by atoms with Crippen molar-refractivity contribution in [1.29, 1.82) is 0 Å². The Balaban J connectivity index is 2.23. The number of hydrogen-bond acceptors (Lipinski definition) is 1. The van der Waals surface area contributed by atoms with Crippen molar-refractivity contribution >= 4 is 26.8 Å². The van der Waals surface area contributed by atoms with Gasteiger partial charge < -0.3 is 10.3 Å². The monoisotopic (exact) mass is 266 g/mol. The van der Waals surface area contributed by atoms with Gasteiger partial charge in [-0.1, -0.05) is 29.8 Å². The van der Waals surface area contributed by atoms with Crippen LogP contribution in [0.15, 0.2) is 28.7 Å². The Morgan fingerprint density at radius 1 is 1.33 bits per heavy atom. The zero-order valence-electron chi connectivity index (χ0n) is 8.97. The topological polar surface area (TPSA) is 27.8 Å². The Hall–Kier alpha value is -0.800. The van der Waals surface area contributed by atoms with Gasteiger partial charge in [0.25, 0.3) is 0 Å². The molecule has 0 bridgehead atoms. The maximum atomic E-state index is 3.47. The molecule has 80 valence electrons.